The van der Waals surface area contributed by atoms with Crippen LogP contribution in [0.15, 0.2) is 0 Å². The summed E-state index contributed by atoms with van der Waals surface area (Å²) in [5.41, 5.74) is -0.126. The van der Waals surface area contributed by atoms with Crippen molar-refractivity contribution in [3.63, 3.8) is 0 Å². The molecule has 0 radical (unpaired) electrons. The molecule has 0 unspecified atom stereocenters. The highest BCUT2D eigenvalue weighted by atomic mass is 16.5. The minimum absolute atomic E-state index is 0.126. The van der Waals surface area contributed by atoms with Crippen LogP contribution in [-0.2, 0) is 9.53 Å². The molecule has 2 heterocycles. The molecule has 0 saturated carbocycles. The van der Waals surface area contributed by atoms with Crippen molar-refractivity contribution in [3.05, 3.63) is 0 Å². The van der Waals surface area contributed by atoms with Gasteiger partial charge in [0.05, 0.1) is 18.8 Å². The second-order valence-electron chi connectivity index (χ2n) is 5.80. The number of morpholine rings is 1. The summed E-state index contributed by atoms with van der Waals surface area (Å²) in [6.45, 7) is 10.8. The van der Waals surface area contributed by atoms with E-state index >= 15 is 0 Å². The maximum Gasteiger partial charge on any atom is 0.236 e. The molecule has 0 bridgehead atoms. The predicted octanol–water partition coefficient (Wildman–Crippen LogP) is -0.0809. The highest BCUT2D eigenvalue weighted by Crippen LogP contribution is 2.16. The lowest BCUT2D eigenvalue weighted by molar-refractivity contribution is -0.136. The first kappa shape index (κ1) is 13.8. The molecule has 18 heavy (non-hydrogen) atoms. The van der Waals surface area contributed by atoms with Crippen LogP contribution in [0.3, 0.4) is 0 Å². The van der Waals surface area contributed by atoms with Crippen LogP contribution >= 0.6 is 0 Å². The Morgan fingerprint density at radius 1 is 1.28 bits per heavy atom. The Balaban J connectivity index is 1.82. The van der Waals surface area contributed by atoms with E-state index in [1.54, 1.807) is 0 Å². The quantitative estimate of drug-likeness (QED) is 0.749. The monoisotopic (exact) mass is 255 g/mol. The van der Waals surface area contributed by atoms with Crippen molar-refractivity contribution in [1.82, 2.24) is 15.1 Å². The standard InChI is InChI=1S/C13H25N3O2/c1-13(2)11-15(8-9-18-13)10-12(17)16-6-3-4-14-5-7-16/h14H,3-11H2,1-2H3. The molecule has 2 aliphatic rings. The van der Waals surface area contributed by atoms with Gasteiger partial charge < -0.3 is 15.0 Å². The van der Waals surface area contributed by atoms with E-state index in [2.05, 4.69) is 24.1 Å². The summed E-state index contributed by atoms with van der Waals surface area (Å²) in [4.78, 5) is 16.4. The fourth-order valence-electron chi connectivity index (χ4n) is 2.64. The zero-order chi connectivity index (χ0) is 13.0. The van der Waals surface area contributed by atoms with Gasteiger partial charge in [0, 0.05) is 32.7 Å². The van der Waals surface area contributed by atoms with Crippen LogP contribution in [0, 0.1) is 0 Å². The number of rotatable bonds is 2. The fourth-order valence-corrected chi connectivity index (χ4v) is 2.64. The van der Waals surface area contributed by atoms with Crippen molar-refractivity contribution < 1.29 is 9.53 Å². The van der Waals surface area contributed by atoms with E-state index in [9.17, 15) is 4.79 Å². The third-order valence-corrected chi connectivity index (χ3v) is 3.56. The molecule has 0 atom stereocenters. The van der Waals surface area contributed by atoms with Crippen molar-refractivity contribution in [2.24, 2.45) is 0 Å². The highest BCUT2D eigenvalue weighted by Gasteiger charge is 2.29. The van der Waals surface area contributed by atoms with E-state index in [4.69, 9.17) is 4.74 Å². The average molecular weight is 255 g/mol. The maximum absolute atomic E-state index is 12.2. The Kier molecular flexibility index (Phi) is 4.59. The summed E-state index contributed by atoms with van der Waals surface area (Å²) < 4.78 is 5.67. The summed E-state index contributed by atoms with van der Waals surface area (Å²) in [6.07, 6.45) is 1.06. The number of carbonyl (C=O) groups is 1. The van der Waals surface area contributed by atoms with Gasteiger partial charge in [-0.15, -0.1) is 0 Å². The Labute approximate surface area is 109 Å². The first-order valence-electron chi connectivity index (χ1n) is 6.92. The van der Waals surface area contributed by atoms with Crippen molar-refractivity contribution in [2.75, 3.05) is 52.4 Å². The molecule has 5 nitrogen and oxygen atoms in total. The number of nitrogens with one attached hydrogen (secondary N) is 1. The first-order chi connectivity index (χ1) is 8.57. The van der Waals surface area contributed by atoms with Crippen LogP contribution in [0.25, 0.3) is 0 Å². The lowest BCUT2D eigenvalue weighted by Crippen LogP contribution is -2.52. The van der Waals surface area contributed by atoms with Gasteiger partial charge in [-0.3, -0.25) is 9.69 Å². The smallest absolute Gasteiger partial charge is 0.236 e. The Bertz CT molecular complexity index is 286. The topological polar surface area (TPSA) is 44.8 Å². The Morgan fingerprint density at radius 3 is 2.89 bits per heavy atom. The largest absolute Gasteiger partial charge is 0.373 e. The molecule has 0 aromatic carbocycles. The normalized spacial score (nSPS) is 25.8. The molecule has 2 fully saturated rings. The van der Waals surface area contributed by atoms with Gasteiger partial charge in [-0.2, -0.15) is 0 Å². The number of amides is 1. The zero-order valence-electron chi connectivity index (χ0n) is 11.6. The molecule has 0 aromatic rings. The predicted molar refractivity (Wildman–Crippen MR) is 70.5 cm³/mol. The van der Waals surface area contributed by atoms with Crippen LogP contribution in [0.2, 0.25) is 0 Å². The lowest BCUT2D eigenvalue weighted by Gasteiger charge is -2.38. The third-order valence-electron chi connectivity index (χ3n) is 3.56. The number of nitrogens with zero attached hydrogens (tertiary/aromatic N) is 2. The molecule has 0 spiro atoms. The summed E-state index contributed by atoms with van der Waals surface area (Å²) in [5.74, 6) is 0.261. The van der Waals surface area contributed by atoms with Crippen molar-refractivity contribution >= 4 is 5.91 Å². The maximum atomic E-state index is 12.2. The molecule has 2 aliphatic heterocycles. The van der Waals surface area contributed by atoms with Gasteiger partial charge in [-0.1, -0.05) is 0 Å². The van der Waals surface area contributed by atoms with Crippen LogP contribution in [-0.4, -0.2) is 73.7 Å². The van der Waals surface area contributed by atoms with E-state index in [1.165, 1.54) is 0 Å². The molecular weight excluding hydrogens is 230 g/mol. The summed E-state index contributed by atoms with van der Waals surface area (Å²) in [7, 11) is 0. The SMILES string of the molecule is CC1(C)CN(CC(=O)N2CCCNCC2)CCO1. The summed E-state index contributed by atoms with van der Waals surface area (Å²) >= 11 is 0. The van der Waals surface area contributed by atoms with Gasteiger partial charge in [-0.25, -0.2) is 0 Å². The average Bonchev–Trinajstić information content (AvgIpc) is 2.55. The minimum Gasteiger partial charge on any atom is -0.373 e. The summed E-state index contributed by atoms with van der Waals surface area (Å²) in [5, 5.41) is 3.32. The van der Waals surface area contributed by atoms with Crippen LogP contribution < -0.4 is 5.32 Å². The van der Waals surface area contributed by atoms with E-state index in [0.29, 0.717) is 6.54 Å². The molecule has 0 aromatic heterocycles. The lowest BCUT2D eigenvalue weighted by atomic mass is 10.1. The van der Waals surface area contributed by atoms with Crippen molar-refractivity contribution in [2.45, 2.75) is 25.9 Å². The van der Waals surface area contributed by atoms with Crippen LogP contribution in [0.4, 0.5) is 0 Å². The van der Waals surface area contributed by atoms with Gasteiger partial charge >= 0.3 is 0 Å². The van der Waals surface area contributed by atoms with E-state index < -0.39 is 0 Å². The number of carbonyl (C=O) groups excluding carboxylic acids is 1. The Morgan fingerprint density at radius 2 is 2.11 bits per heavy atom. The second kappa shape index (κ2) is 5.99. The molecular formula is C13H25N3O2. The first-order valence-corrected chi connectivity index (χ1v) is 6.92. The molecule has 5 heteroatoms. The van der Waals surface area contributed by atoms with Gasteiger partial charge in [0.2, 0.25) is 5.91 Å². The van der Waals surface area contributed by atoms with E-state index in [1.807, 2.05) is 4.90 Å². The molecule has 0 aliphatic carbocycles. The van der Waals surface area contributed by atoms with Crippen LogP contribution in [0.5, 0.6) is 0 Å². The van der Waals surface area contributed by atoms with E-state index in [0.717, 1.165) is 52.3 Å². The fraction of sp³-hybridized carbons (Fsp3) is 0.923. The van der Waals surface area contributed by atoms with Crippen molar-refractivity contribution in [3.8, 4) is 0 Å². The minimum atomic E-state index is -0.126. The molecule has 2 rings (SSSR count). The Hall–Kier alpha value is -0.650. The molecule has 104 valence electrons. The van der Waals surface area contributed by atoms with Crippen molar-refractivity contribution in [1.29, 1.82) is 0 Å². The zero-order valence-corrected chi connectivity index (χ0v) is 11.6. The molecule has 2 saturated heterocycles. The number of hydrogen-bond donors (Lipinski definition) is 1. The van der Waals surface area contributed by atoms with Crippen LogP contribution in [0.1, 0.15) is 20.3 Å². The number of hydrogen-bond acceptors (Lipinski definition) is 4. The highest BCUT2D eigenvalue weighted by molar-refractivity contribution is 5.78. The van der Waals surface area contributed by atoms with Gasteiger partial charge in [0.25, 0.3) is 0 Å². The van der Waals surface area contributed by atoms with Gasteiger partial charge in [0.15, 0.2) is 0 Å². The molecule has 1 N–H and O–H groups in total. The summed E-state index contributed by atoms with van der Waals surface area (Å²) in [6, 6.07) is 0. The van der Waals surface area contributed by atoms with Gasteiger partial charge in [-0.05, 0) is 26.8 Å². The number of ether oxygens (including phenoxy) is 1. The third kappa shape index (κ3) is 3.93. The second-order valence-corrected chi connectivity index (χ2v) is 5.80. The molecule has 1 amide bonds. The van der Waals surface area contributed by atoms with E-state index in [-0.39, 0.29) is 11.5 Å². The van der Waals surface area contributed by atoms with Gasteiger partial charge in [0.1, 0.15) is 0 Å².